The third kappa shape index (κ3) is 8.82. The van der Waals surface area contributed by atoms with Gasteiger partial charge in [-0.15, -0.1) is 15.3 Å². The Balaban J connectivity index is 0.00000533. The van der Waals surface area contributed by atoms with Gasteiger partial charge in [0.25, 0.3) is 32.0 Å². The maximum absolute atomic E-state index is 12.9. The van der Waals surface area contributed by atoms with Crippen molar-refractivity contribution in [2.45, 2.75) is 9.79 Å². The molecule has 17 heteroatoms. The summed E-state index contributed by atoms with van der Waals surface area (Å²) in [6.07, 6.45) is 0. The Morgan fingerprint density at radius 1 is 0.821 bits per heavy atom. The second kappa shape index (κ2) is 13.6. The maximum atomic E-state index is 12.9. The molecule has 39 heavy (non-hydrogen) atoms. The number of ether oxygens (including phenoxy) is 2. The summed E-state index contributed by atoms with van der Waals surface area (Å²) >= 11 is 0. The normalized spacial score (nSPS) is 11.9. The molecule has 0 fully saturated rings. The van der Waals surface area contributed by atoms with E-state index in [0.717, 1.165) is 24.3 Å². The van der Waals surface area contributed by atoms with E-state index in [2.05, 4.69) is 26.1 Å². The van der Waals surface area contributed by atoms with Gasteiger partial charge in [-0.1, -0.05) is 18.2 Å². The third-order valence-electron chi connectivity index (χ3n) is 4.69. The standard InChI is InChI=1S/C22H21N5O9S2.Na/c1-35-19-10-8-15(37(29,30)31)12-17(19)24-26-21(22(28)23-14-6-4-3-5-7-14)27-25-18-13-16(38(32,33)34)9-11-20(18)36-2;/h3-13,24H,1-2H3,(H,23,28)(H,29,30,31)(H,32,33,34);. The fourth-order valence-electron chi connectivity index (χ4n) is 2.88. The largest absolute Gasteiger partial charge is 0.495 e. The van der Waals surface area contributed by atoms with E-state index in [1.165, 1.54) is 26.4 Å². The molecule has 0 unspecified atom stereocenters. The molecular weight excluding hydrogens is 565 g/mol. The van der Waals surface area contributed by atoms with Crippen molar-refractivity contribution in [1.29, 1.82) is 0 Å². The number of carbonyl (C=O) groups is 1. The number of anilines is 2. The van der Waals surface area contributed by atoms with Crippen LogP contribution in [0.25, 0.3) is 0 Å². The fourth-order valence-corrected chi connectivity index (χ4v) is 3.89. The van der Waals surface area contributed by atoms with Gasteiger partial charge in [-0.3, -0.25) is 19.3 Å². The second-order valence-electron chi connectivity index (χ2n) is 7.21. The molecule has 0 aliphatic rings. The van der Waals surface area contributed by atoms with E-state index in [1.54, 1.807) is 30.3 Å². The van der Waals surface area contributed by atoms with E-state index >= 15 is 0 Å². The molecule has 0 atom stereocenters. The van der Waals surface area contributed by atoms with Gasteiger partial charge < -0.3 is 14.8 Å². The Kier molecular flexibility index (Phi) is 11.1. The van der Waals surface area contributed by atoms with Crippen molar-refractivity contribution < 1.29 is 40.2 Å². The van der Waals surface area contributed by atoms with Gasteiger partial charge in [0.05, 0.1) is 29.7 Å². The smallest absolute Gasteiger partial charge is 0.297 e. The van der Waals surface area contributed by atoms with Gasteiger partial charge in [0.15, 0.2) is 0 Å². The van der Waals surface area contributed by atoms with Crippen LogP contribution in [0.4, 0.5) is 17.1 Å². The predicted molar refractivity (Wildman–Crippen MR) is 142 cm³/mol. The summed E-state index contributed by atoms with van der Waals surface area (Å²) in [6, 6.07) is 14.9. The number of hydrazone groups is 1. The molecule has 14 nitrogen and oxygen atoms in total. The molecule has 0 aromatic heterocycles. The molecular formula is C22H21N5NaO9S2. The minimum atomic E-state index is -4.58. The van der Waals surface area contributed by atoms with Crippen LogP contribution in [-0.2, 0) is 25.0 Å². The summed E-state index contributed by atoms with van der Waals surface area (Å²) in [5, 5.41) is 14.1. The Hall–Kier alpha value is -3.38. The third-order valence-corrected chi connectivity index (χ3v) is 6.39. The number of hydrogen-bond donors (Lipinski definition) is 4. The van der Waals surface area contributed by atoms with Crippen LogP contribution in [0.2, 0.25) is 0 Å². The topological polar surface area (TPSA) is 205 Å². The summed E-state index contributed by atoms with van der Waals surface area (Å²) < 4.78 is 75.1. The Morgan fingerprint density at radius 3 is 1.95 bits per heavy atom. The average molecular weight is 587 g/mol. The van der Waals surface area contributed by atoms with Crippen molar-refractivity contribution in [3.8, 4) is 11.5 Å². The number of benzene rings is 3. The number of azo groups is 1. The van der Waals surface area contributed by atoms with Crippen molar-refractivity contribution in [1.82, 2.24) is 0 Å². The van der Waals surface area contributed by atoms with Crippen LogP contribution in [0, 0.1) is 0 Å². The van der Waals surface area contributed by atoms with Crippen molar-refractivity contribution in [3.05, 3.63) is 66.7 Å². The number of nitrogens with zero attached hydrogens (tertiary/aromatic N) is 3. The second-order valence-corrected chi connectivity index (χ2v) is 10.1. The number of para-hydroxylation sites is 1. The molecule has 0 spiro atoms. The zero-order chi connectivity index (χ0) is 27.9. The first-order valence-corrected chi connectivity index (χ1v) is 13.2. The van der Waals surface area contributed by atoms with Crippen LogP contribution >= 0.6 is 0 Å². The van der Waals surface area contributed by atoms with Gasteiger partial charge in [0.2, 0.25) is 0 Å². The molecule has 0 saturated carbocycles. The summed E-state index contributed by atoms with van der Waals surface area (Å²) in [5.41, 5.74) is 2.63. The summed E-state index contributed by atoms with van der Waals surface area (Å²) in [7, 11) is -6.56. The zero-order valence-electron chi connectivity index (χ0n) is 20.8. The van der Waals surface area contributed by atoms with Gasteiger partial charge in [-0.25, -0.2) is 0 Å². The van der Waals surface area contributed by atoms with E-state index in [-0.39, 0.29) is 52.4 Å². The summed E-state index contributed by atoms with van der Waals surface area (Å²) in [6.45, 7) is 0. The Labute approximate surface area is 245 Å². The minimum Gasteiger partial charge on any atom is -0.495 e. The number of carbonyl (C=O) groups excluding carboxylic acids is 1. The van der Waals surface area contributed by atoms with Crippen LogP contribution in [0.3, 0.4) is 0 Å². The van der Waals surface area contributed by atoms with E-state index in [4.69, 9.17) is 9.47 Å². The number of methoxy groups -OCH3 is 2. The predicted octanol–water partition coefficient (Wildman–Crippen LogP) is 2.96. The van der Waals surface area contributed by atoms with Gasteiger partial charge >= 0.3 is 0 Å². The molecule has 0 saturated heterocycles. The molecule has 0 aliphatic carbocycles. The molecule has 0 heterocycles. The first kappa shape index (κ1) is 31.8. The van der Waals surface area contributed by atoms with Gasteiger partial charge in [-0.05, 0) is 48.5 Å². The monoisotopic (exact) mass is 586 g/mol. The van der Waals surface area contributed by atoms with E-state index in [1.807, 2.05) is 0 Å². The molecule has 3 aromatic carbocycles. The van der Waals surface area contributed by atoms with Gasteiger partial charge in [-0.2, -0.15) is 16.8 Å². The number of hydrogen-bond acceptors (Lipinski definition) is 10. The molecule has 201 valence electrons. The van der Waals surface area contributed by atoms with Crippen LogP contribution in [0.1, 0.15) is 0 Å². The zero-order valence-corrected chi connectivity index (χ0v) is 24.4. The number of amides is 1. The number of amidine groups is 1. The van der Waals surface area contributed by atoms with Crippen molar-refractivity contribution >= 4 is 78.6 Å². The van der Waals surface area contributed by atoms with Crippen molar-refractivity contribution in [2.75, 3.05) is 25.0 Å². The van der Waals surface area contributed by atoms with Crippen LogP contribution in [-0.4, -0.2) is 81.5 Å². The molecule has 1 amide bonds. The first-order valence-electron chi connectivity index (χ1n) is 10.4. The minimum absolute atomic E-state index is 0. The van der Waals surface area contributed by atoms with E-state index < -0.39 is 41.8 Å². The molecule has 3 rings (SSSR count). The molecule has 0 bridgehead atoms. The Morgan fingerprint density at radius 2 is 1.38 bits per heavy atom. The SMILES string of the molecule is COc1ccc(S(=O)(=O)O)cc1N=NC(=NNc1cc(S(=O)(=O)O)ccc1OC)C(=O)Nc1ccccc1.[Na]. The summed E-state index contributed by atoms with van der Waals surface area (Å²) in [5.74, 6) is -1.27. The molecule has 4 N–H and O–H groups in total. The van der Waals surface area contributed by atoms with E-state index in [9.17, 15) is 30.7 Å². The van der Waals surface area contributed by atoms with Gasteiger partial charge in [0, 0.05) is 35.2 Å². The van der Waals surface area contributed by atoms with Crippen LogP contribution in [0.5, 0.6) is 11.5 Å². The first-order chi connectivity index (χ1) is 17.9. The van der Waals surface area contributed by atoms with Crippen molar-refractivity contribution in [3.63, 3.8) is 0 Å². The molecule has 3 aromatic rings. The van der Waals surface area contributed by atoms with Crippen molar-refractivity contribution in [2.24, 2.45) is 15.3 Å². The van der Waals surface area contributed by atoms with E-state index in [0.29, 0.717) is 5.69 Å². The van der Waals surface area contributed by atoms with Gasteiger partial charge in [0.1, 0.15) is 17.2 Å². The fraction of sp³-hybridized carbons (Fsp3) is 0.0909. The maximum Gasteiger partial charge on any atom is 0.297 e. The van der Waals surface area contributed by atoms with Crippen LogP contribution in [0.15, 0.2) is 91.9 Å². The quantitative estimate of drug-likeness (QED) is 0.0758. The summed E-state index contributed by atoms with van der Waals surface area (Å²) in [4.78, 5) is 12.0. The average Bonchev–Trinajstić information content (AvgIpc) is 2.87. The Bertz CT molecular complexity index is 1610. The number of nitrogens with one attached hydrogen (secondary N) is 2. The molecule has 1 radical (unpaired) electrons. The molecule has 0 aliphatic heterocycles. The number of rotatable bonds is 8. The van der Waals surface area contributed by atoms with Crippen LogP contribution < -0.4 is 20.2 Å².